The third-order valence-corrected chi connectivity index (χ3v) is 12.2. The molecule has 0 fully saturated rings. The highest BCUT2D eigenvalue weighted by molar-refractivity contribution is 5.99. The van der Waals surface area contributed by atoms with E-state index in [1.54, 1.807) is 122 Å². The first kappa shape index (κ1) is 58.8. The lowest BCUT2D eigenvalue weighted by Gasteiger charge is -2.30. The van der Waals surface area contributed by atoms with E-state index >= 15 is 0 Å². The monoisotopic (exact) mass is 1050 g/mol. The Kier molecular flexibility index (Phi) is 23.1. The predicted molar refractivity (Wildman–Crippen MR) is 285 cm³/mol. The highest BCUT2D eigenvalue weighted by atomic mass is 16.4. The zero-order valence-electron chi connectivity index (χ0n) is 42.6. The summed E-state index contributed by atoms with van der Waals surface area (Å²) in [7, 11) is 0. The second-order valence-corrected chi connectivity index (χ2v) is 18.1. The quantitative estimate of drug-likeness (QED) is 0.0253. The maximum absolute atomic E-state index is 14.8. The minimum atomic E-state index is -1.64. The molecule has 0 spiro atoms. The van der Waals surface area contributed by atoms with Gasteiger partial charge in [-0.1, -0.05) is 128 Å². The SMILES string of the molecule is CC[C@H](NC(=O)NN(CCCCN)C(=O)[C@H](Cc1ccccc1)NC(=O)[C@H](Cc1ccccc1)NC(=O)c1ccccc1)C(=O)N[C@@H](Cc1ccccc1)C(=O)N[C@@H](Cc1ccc(O)cc1)C(=O)N[C@@H](CC(=O)O)C(N)=O. The molecule has 0 heterocycles. The van der Waals surface area contributed by atoms with Crippen LogP contribution in [0.3, 0.4) is 0 Å². The molecule has 9 amide bonds. The van der Waals surface area contributed by atoms with Gasteiger partial charge in [-0.15, -0.1) is 0 Å². The van der Waals surface area contributed by atoms with Crippen molar-refractivity contribution in [2.45, 2.75) is 94.5 Å². The van der Waals surface area contributed by atoms with Crippen LogP contribution in [-0.4, -0.2) is 118 Å². The molecule has 0 saturated heterocycles. The Morgan fingerprint density at radius 2 is 0.896 bits per heavy atom. The van der Waals surface area contributed by atoms with Crippen LogP contribution >= 0.6 is 0 Å². The van der Waals surface area contributed by atoms with Gasteiger partial charge in [-0.05, 0) is 72.3 Å². The number of primary amides is 1. The number of hydrazine groups is 1. The Labute approximate surface area is 445 Å². The topological polar surface area (TPSA) is 334 Å². The van der Waals surface area contributed by atoms with Crippen molar-refractivity contribution in [3.8, 4) is 5.75 Å². The normalized spacial score (nSPS) is 13.1. The second kappa shape index (κ2) is 30.3. The molecule has 0 saturated carbocycles. The Bertz CT molecular complexity index is 2760. The fourth-order valence-electron chi connectivity index (χ4n) is 8.05. The minimum absolute atomic E-state index is 0.0196. The zero-order chi connectivity index (χ0) is 55.7. The molecular weight excluding hydrogens is 989 g/mol. The number of hydrogen-bond donors (Lipinski definition) is 11. The van der Waals surface area contributed by atoms with Gasteiger partial charge in [0.25, 0.3) is 11.8 Å². The Morgan fingerprint density at radius 3 is 1.34 bits per heavy atom. The average Bonchev–Trinajstić information content (AvgIpc) is 3.42. The van der Waals surface area contributed by atoms with Crippen LogP contribution in [0.4, 0.5) is 4.79 Å². The summed E-state index contributed by atoms with van der Waals surface area (Å²) in [5.41, 5.74) is 16.5. The zero-order valence-corrected chi connectivity index (χ0v) is 42.6. The molecule has 5 aromatic rings. The number of carbonyl (C=O) groups is 9. The number of carboxylic acid groups (broad SMARTS) is 1. The molecule has 0 radical (unpaired) electrons. The van der Waals surface area contributed by atoms with Crippen molar-refractivity contribution in [3.05, 3.63) is 173 Å². The molecule has 6 atom stereocenters. The summed E-state index contributed by atoms with van der Waals surface area (Å²) in [6.45, 7) is 1.79. The molecule has 0 aromatic heterocycles. The van der Waals surface area contributed by atoms with E-state index in [1.165, 1.54) is 24.3 Å². The minimum Gasteiger partial charge on any atom is -0.508 e. The molecule has 21 nitrogen and oxygen atoms in total. The number of nitrogens with zero attached hydrogens (tertiary/aromatic N) is 1. The number of rotatable bonds is 28. The van der Waals surface area contributed by atoms with Gasteiger partial charge in [-0.2, -0.15) is 0 Å². The Morgan fingerprint density at radius 1 is 0.494 bits per heavy atom. The molecule has 21 heteroatoms. The lowest BCUT2D eigenvalue weighted by molar-refractivity contribution is -0.140. The highest BCUT2D eigenvalue weighted by Crippen LogP contribution is 2.14. The maximum Gasteiger partial charge on any atom is 0.334 e. The van der Waals surface area contributed by atoms with E-state index in [0.717, 1.165) is 10.6 Å². The van der Waals surface area contributed by atoms with E-state index in [0.29, 0.717) is 35.1 Å². The van der Waals surface area contributed by atoms with Crippen LogP contribution < -0.4 is 48.8 Å². The number of hydrogen-bond acceptors (Lipinski definition) is 11. The number of phenols is 1. The molecule has 5 aromatic carbocycles. The molecule has 406 valence electrons. The van der Waals surface area contributed by atoms with Crippen molar-refractivity contribution in [1.82, 2.24) is 42.3 Å². The number of aliphatic carboxylic acids is 1. The summed E-state index contributed by atoms with van der Waals surface area (Å²) < 4.78 is 0. The van der Waals surface area contributed by atoms with Crippen LogP contribution in [0.5, 0.6) is 5.75 Å². The molecule has 0 aliphatic heterocycles. The molecule has 0 aliphatic rings. The van der Waals surface area contributed by atoms with Crippen molar-refractivity contribution in [1.29, 1.82) is 0 Å². The van der Waals surface area contributed by atoms with E-state index in [1.807, 2.05) is 6.07 Å². The molecule has 0 bridgehead atoms. The van der Waals surface area contributed by atoms with Gasteiger partial charge in [0.1, 0.15) is 42.0 Å². The van der Waals surface area contributed by atoms with E-state index < -0.39 is 96.0 Å². The number of nitrogens with one attached hydrogen (secondary N) is 7. The van der Waals surface area contributed by atoms with Gasteiger partial charge in [-0.3, -0.25) is 43.4 Å². The van der Waals surface area contributed by atoms with Crippen molar-refractivity contribution in [2.75, 3.05) is 13.1 Å². The molecule has 0 unspecified atom stereocenters. The van der Waals surface area contributed by atoms with Crippen LogP contribution in [0.2, 0.25) is 0 Å². The van der Waals surface area contributed by atoms with Crippen LogP contribution in [0.1, 0.15) is 65.2 Å². The maximum atomic E-state index is 14.8. The number of unbranched alkanes of at least 4 members (excludes halogenated alkanes) is 1. The number of aromatic hydroxyl groups is 1. The van der Waals surface area contributed by atoms with Gasteiger partial charge in [0.15, 0.2) is 0 Å². The molecule has 5 rings (SSSR count). The van der Waals surface area contributed by atoms with Gasteiger partial charge < -0.3 is 53.6 Å². The van der Waals surface area contributed by atoms with Gasteiger partial charge in [-0.25, -0.2) is 10.2 Å². The Hall–Kier alpha value is -9.11. The number of phenolic OH excluding ortho intramolecular Hbond substituents is 1. The number of urea groups is 1. The number of amides is 9. The summed E-state index contributed by atoms with van der Waals surface area (Å²) in [5, 5.41) is 36.1. The predicted octanol–water partition coefficient (Wildman–Crippen LogP) is 1.92. The largest absolute Gasteiger partial charge is 0.508 e. The van der Waals surface area contributed by atoms with Gasteiger partial charge >= 0.3 is 12.0 Å². The number of benzene rings is 5. The fraction of sp³-hybridized carbons (Fsp3) is 0.304. The van der Waals surface area contributed by atoms with E-state index in [9.17, 15) is 53.4 Å². The molecule has 13 N–H and O–H groups in total. The van der Waals surface area contributed by atoms with Crippen molar-refractivity contribution < 1.29 is 53.4 Å². The first-order valence-electron chi connectivity index (χ1n) is 25.1. The first-order valence-corrected chi connectivity index (χ1v) is 25.1. The number of nitrogens with two attached hydrogens (primary N) is 2. The van der Waals surface area contributed by atoms with Crippen LogP contribution in [-0.2, 0) is 59.2 Å². The summed E-state index contributed by atoms with van der Waals surface area (Å²) in [4.78, 5) is 122. The Balaban J connectivity index is 1.37. The molecule has 77 heavy (non-hydrogen) atoms. The van der Waals surface area contributed by atoms with Crippen molar-refractivity contribution in [3.63, 3.8) is 0 Å². The summed E-state index contributed by atoms with van der Waals surface area (Å²) >= 11 is 0. The van der Waals surface area contributed by atoms with Gasteiger partial charge in [0, 0.05) is 37.8 Å². The van der Waals surface area contributed by atoms with E-state index in [-0.39, 0.29) is 50.9 Å². The van der Waals surface area contributed by atoms with Crippen molar-refractivity contribution >= 4 is 53.4 Å². The molecule has 0 aliphatic carbocycles. The number of carbonyl (C=O) groups excluding carboxylic acids is 8. The third-order valence-electron chi connectivity index (χ3n) is 12.2. The second-order valence-electron chi connectivity index (χ2n) is 18.1. The third kappa shape index (κ3) is 19.6. The van der Waals surface area contributed by atoms with Crippen LogP contribution in [0, 0.1) is 0 Å². The van der Waals surface area contributed by atoms with E-state index in [4.69, 9.17) is 11.5 Å². The van der Waals surface area contributed by atoms with E-state index in [2.05, 4.69) is 37.3 Å². The summed E-state index contributed by atoms with van der Waals surface area (Å²) in [6, 6.07) is 31.2. The molecular formula is C56H66N10O11. The average molecular weight is 1060 g/mol. The smallest absolute Gasteiger partial charge is 0.334 e. The summed E-state index contributed by atoms with van der Waals surface area (Å²) in [5.74, 6) is -7.22. The van der Waals surface area contributed by atoms with Gasteiger partial charge in [0.2, 0.25) is 29.5 Å². The fourth-order valence-corrected chi connectivity index (χ4v) is 8.05. The van der Waals surface area contributed by atoms with Crippen LogP contribution in [0.25, 0.3) is 0 Å². The lowest BCUT2D eigenvalue weighted by Crippen LogP contribution is -2.62. The highest BCUT2D eigenvalue weighted by Gasteiger charge is 2.34. The first-order chi connectivity index (χ1) is 37.0. The van der Waals surface area contributed by atoms with Gasteiger partial charge in [0.05, 0.1) is 6.42 Å². The van der Waals surface area contributed by atoms with Crippen molar-refractivity contribution in [2.24, 2.45) is 11.5 Å². The summed E-state index contributed by atoms with van der Waals surface area (Å²) in [6.07, 6.45) is -0.367. The number of carboxylic acids is 1. The standard InChI is InChI=1S/C56H66N10O11/c1-2-42(51(72)61-45(32-37-19-9-4-10-20-37)53(74)62-46(33-39-25-27-41(67)28-26-39)52(73)59-43(49(58)70)35-48(68)69)64-56(77)65-66(30-16-15-29-57)55(76)47(34-38-21-11-5-12-22-38)63-54(75)44(31-36-17-7-3-8-18-36)60-50(71)40-23-13-6-14-24-40/h3-14,17-28,42-47,67H,2,15-16,29-35,57H2,1H3,(H2,58,70)(H,59,73)(H,60,71)(H,61,72)(H,62,74)(H,63,75)(H,68,69)(H2,64,65,77)/t42-,43-,44-,45-,46-,47-/m0/s1. The lowest BCUT2D eigenvalue weighted by atomic mass is 10.0. The van der Waals surface area contributed by atoms with Crippen LogP contribution in [0.15, 0.2) is 146 Å².